The van der Waals surface area contributed by atoms with Crippen molar-refractivity contribution in [1.29, 1.82) is 0 Å². The van der Waals surface area contributed by atoms with Gasteiger partial charge in [0.2, 0.25) is 0 Å². The van der Waals surface area contributed by atoms with E-state index in [1.165, 1.54) is 0 Å². The molecule has 0 amide bonds. The highest BCUT2D eigenvalue weighted by Crippen LogP contribution is 2.32. The van der Waals surface area contributed by atoms with Crippen LogP contribution in [0.1, 0.15) is 52.4 Å². The number of rotatable bonds is 4. The van der Waals surface area contributed by atoms with Gasteiger partial charge in [-0.15, -0.1) is 0 Å². The molecule has 0 aromatic heterocycles. The molecule has 1 aliphatic heterocycles. The summed E-state index contributed by atoms with van der Waals surface area (Å²) in [5.41, 5.74) is -0.839. The minimum absolute atomic E-state index is 0.0977. The molecule has 0 radical (unpaired) electrons. The Morgan fingerprint density at radius 3 is 2.50 bits per heavy atom. The number of carboxylic acids is 1. The van der Waals surface area contributed by atoms with Gasteiger partial charge < -0.3 is 20.3 Å². The molecule has 1 saturated carbocycles. The van der Waals surface area contributed by atoms with E-state index in [-0.39, 0.29) is 11.5 Å². The molecule has 1 aliphatic carbocycles. The lowest BCUT2D eigenvalue weighted by Crippen LogP contribution is -2.50. The predicted molar refractivity (Wildman–Crippen MR) is 75.6 cm³/mol. The minimum Gasteiger partial charge on any atom is -0.481 e. The van der Waals surface area contributed by atoms with E-state index in [1.807, 2.05) is 0 Å². The summed E-state index contributed by atoms with van der Waals surface area (Å²) in [5, 5.41) is 23.0. The maximum atomic E-state index is 10.9. The molecule has 1 heterocycles. The van der Waals surface area contributed by atoms with Gasteiger partial charge in [-0.05, 0) is 52.4 Å². The average molecular weight is 285 g/mol. The van der Waals surface area contributed by atoms with Gasteiger partial charge in [-0.25, -0.2) is 0 Å². The van der Waals surface area contributed by atoms with Crippen molar-refractivity contribution in [2.75, 3.05) is 13.2 Å². The zero-order chi connectivity index (χ0) is 14.8. The Morgan fingerprint density at radius 2 is 1.95 bits per heavy atom. The zero-order valence-corrected chi connectivity index (χ0v) is 12.5. The smallest absolute Gasteiger partial charge is 0.306 e. The molecule has 2 aliphatic rings. The molecule has 2 rings (SSSR count). The van der Waals surface area contributed by atoms with E-state index in [4.69, 9.17) is 9.84 Å². The van der Waals surface area contributed by atoms with Gasteiger partial charge in [-0.3, -0.25) is 4.79 Å². The quantitative estimate of drug-likeness (QED) is 0.730. The van der Waals surface area contributed by atoms with E-state index in [1.54, 1.807) is 0 Å². The zero-order valence-electron chi connectivity index (χ0n) is 12.5. The molecule has 1 unspecified atom stereocenters. The molecule has 1 atom stereocenters. The van der Waals surface area contributed by atoms with Crippen molar-refractivity contribution in [2.24, 2.45) is 5.92 Å². The predicted octanol–water partition coefficient (Wildman–Crippen LogP) is 1.54. The molecule has 2 fully saturated rings. The SMILES string of the molecule is CC1(C)CC(NCC2(O)CCC(C(=O)O)CC2)CCO1. The van der Waals surface area contributed by atoms with Crippen LogP contribution in [0.15, 0.2) is 0 Å². The molecule has 3 N–H and O–H groups in total. The highest BCUT2D eigenvalue weighted by Gasteiger charge is 2.37. The minimum atomic E-state index is -0.742. The first-order valence-corrected chi connectivity index (χ1v) is 7.62. The van der Waals surface area contributed by atoms with Crippen LogP contribution in [0.5, 0.6) is 0 Å². The summed E-state index contributed by atoms with van der Waals surface area (Å²) in [4.78, 5) is 10.9. The van der Waals surface area contributed by atoms with E-state index in [2.05, 4.69) is 19.2 Å². The lowest BCUT2D eigenvalue weighted by molar-refractivity contribution is -0.144. The van der Waals surface area contributed by atoms with Crippen molar-refractivity contribution < 1.29 is 19.7 Å². The van der Waals surface area contributed by atoms with Crippen LogP contribution in [0.25, 0.3) is 0 Å². The number of ether oxygens (including phenoxy) is 1. The second-order valence-electron chi connectivity index (χ2n) is 7.02. The van der Waals surface area contributed by atoms with Gasteiger partial charge >= 0.3 is 5.97 Å². The van der Waals surface area contributed by atoms with E-state index >= 15 is 0 Å². The third-order valence-corrected chi connectivity index (χ3v) is 4.68. The molecule has 5 nitrogen and oxygen atoms in total. The molecule has 0 bridgehead atoms. The third kappa shape index (κ3) is 4.17. The number of nitrogens with one attached hydrogen (secondary N) is 1. The first-order chi connectivity index (χ1) is 9.30. The van der Waals surface area contributed by atoms with Gasteiger partial charge in [0.25, 0.3) is 0 Å². The Morgan fingerprint density at radius 1 is 1.30 bits per heavy atom. The number of hydrogen-bond acceptors (Lipinski definition) is 4. The van der Waals surface area contributed by atoms with Crippen molar-refractivity contribution in [3.63, 3.8) is 0 Å². The van der Waals surface area contributed by atoms with Crippen LogP contribution in [0.3, 0.4) is 0 Å². The fourth-order valence-corrected chi connectivity index (χ4v) is 3.32. The molecule has 0 spiro atoms. The van der Waals surface area contributed by atoms with Gasteiger partial charge in [0, 0.05) is 19.2 Å². The first kappa shape index (κ1) is 15.7. The number of aliphatic hydroxyl groups is 1. The number of carboxylic acid groups (broad SMARTS) is 1. The third-order valence-electron chi connectivity index (χ3n) is 4.68. The molecule has 1 saturated heterocycles. The van der Waals surface area contributed by atoms with Crippen molar-refractivity contribution in [3.05, 3.63) is 0 Å². The Balaban J connectivity index is 1.77. The van der Waals surface area contributed by atoms with Crippen LogP contribution >= 0.6 is 0 Å². The number of aliphatic carboxylic acids is 1. The van der Waals surface area contributed by atoms with Crippen LogP contribution in [0.4, 0.5) is 0 Å². The van der Waals surface area contributed by atoms with Crippen LogP contribution in [0.2, 0.25) is 0 Å². The van der Waals surface area contributed by atoms with Gasteiger partial charge in [0.1, 0.15) is 0 Å². The summed E-state index contributed by atoms with van der Waals surface area (Å²) in [7, 11) is 0. The lowest BCUT2D eigenvalue weighted by Gasteiger charge is -2.39. The van der Waals surface area contributed by atoms with Gasteiger partial charge in [-0.1, -0.05) is 0 Å². The van der Waals surface area contributed by atoms with Crippen LogP contribution in [0, 0.1) is 5.92 Å². The molecule has 0 aromatic rings. The molecular formula is C15H27NO4. The van der Waals surface area contributed by atoms with Crippen molar-refractivity contribution in [3.8, 4) is 0 Å². The Labute approximate surface area is 120 Å². The Bertz CT molecular complexity index is 348. The monoisotopic (exact) mass is 285 g/mol. The lowest BCUT2D eigenvalue weighted by atomic mass is 9.78. The standard InChI is InChI=1S/C15H27NO4/c1-14(2)9-12(5-8-20-14)16-10-15(19)6-3-11(4-7-15)13(17)18/h11-12,16,19H,3-10H2,1-2H3,(H,17,18). The normalized spacial score (nSPS) is 37.5. The second-order valence-corrected chi connectivity index (χ2v) is 7.02. The maximum Gasteiger partial charge on any atom is 0.306 e. The van der Waals surface area contributed by atoms with Crippen LogP contribution < -0.4 is 5.32 Å². The Kier molecular flexibility index (Phi) is 4.72. The largest absolute Gasteiger partial charge is 0.481 e. The summed E-state index contributed by atoms with van der Waals surface area (Å²) in [5.74, 6) is -1.01. The van der Waals surface area contributed by atoms with E-state index in [0.29, 0.717) is 38.3 Å². The number of hydrogen-bond donors (Lipinski definition) is 3. The van der Waals surface area contributed by atoms with Gasteiger partial charge in [0.05, 0.1) is 17.1 Å². The van der Waals surface area contributed by atoms with E-state index in [9.17, 15) is 9.90 Å². The topological polar surface area (TPSA) is 78.8 Å². The van der Waals surface area contributed by atoms with Crippen molar-refractivity contribution in [1.82, 2.24) is 5.32 Å². The van der Waals surface area contributed by atoms with Crippen molar-refractivity contribution >= 4 is 5.97 Å². The first-order valence-electron chi connectivity index (χ1n) is 7.62. The molecular weight excluding hydrogens is 258 g/mol. The van der Waals surface area contributed by atoms with E-state index < -0.39 is 11.6 Å². The molecule has 5 heteroatoms. The second kappa shape index (κ2) is 6.00. The highest BCUT2D eigenvalue weighted by molar-refractivity contribution is 5.70. The maximum absolute atomic E-state index is 10.9. The van der Waals surface area contributed by atoms with Crippen LogP contribution in [-0.2, 0) is 9.53 Å². The molecule has 0 aromatic carbocycles. The fourth-order valence-electron chi connectivity index (χ4n) is 3.32. The summed E-state index contributed by atoms with van der Waals surface area (Å²) in [6.45, 7) is 5.49. The summed E-state index contributed by atoms with van der Waals surface area (Å²) in [6, 6.07) is 0.375. The Hall–Kier alpha value is -0.650. The summed E-state index contributed by atoms with van der Waals surface area (Å²) in [6.07, 6.45) is 4.21. The summed E-state index contributed by atoms with van der Waals surface area (Å²) < 4.78 is 5.69. The van der Waals surface area contributed by atoms with Crippen molar-refractivity contribution in [2.45, 2.75) is 69.6 Å². The average Bonchev–Trinajstić information content (AvgIpc) is 2.36. The van der Waals surface area contributed by atoms with Crippen LogP contribution in [-0.4, -0.2) is 46.6 Å². The highest BCUT2D eigenvalue weighted by atomic mass is 16.5. The van der Waals surface area contributed by atoms with E-state index in [0.717, 1.165) is 19.4 Å². The number of carbonyl (C=O) groups is 1. The van der Waals surface area contributed by atoms with Gasteiger partial charge in [0.15, 0.2) is 0 Å². The van der Waals surface area contributed by atoms with Gasteiger partial charge in [-0.2, -0.15) is 0 Å². The molecule has 20 heavy (non-hydrogen) atoms. The molecule has 116 valence electrons. The fraction of sp³-hybridized carbons (Fsp3) is 0.933. The summed E-state index contributed by atoms with van der Waals surface area (Å²) >= 11 is 0.